The molecule has 3 N–H and O–H groups in total. The number of fused-ring (bicyclic) bond motifs is 3. The minimum Gasteiger partial charge on any atom is -0.481 e. The van der Waals surface area contributed by atoms with Gasteiger partial charge >= 0.3 is 5.97 Å². The number of aromatic nitrogens is 4. The molecule has 0 amide bonds. The fraction of sp³-hybridized carbons (Fsp3) is 0.767. The number of pyridine rings is 1. The highest BCUT2D eigenvalue weighted by Gasteiger charge is 2.72. The minimum absolute atomic E-state index is 0.197. The van der Waals surface area contributed by atoms with E-state index in [1.165, 1.54) is 18.1 Å². The van der Waals surface area contributed by atoms with E-state index >= 15 is 4.39 Å². The number of ether oxygens (including phenoxy) is 2. The molecule has 5 aliphatic carbocycles. The zero-order valence-corrected chi connectivity index (χ0v) is 33.2. The number of nitrogens with zero attached hydrogens (tertiary/aromatic N) is 4. The molecule has 1 saturated heterocycles. The molecule has 9 nitrogen and oxygen atoms in total. The van der Waals surface area contributed by atoms with E-state index in [1.54, 1.807) is 12.3 Å². The van der Waals surface area contributed by atoms with Crippen LogP contribution in [0.15, 0.2) is 36.4 Å². The van der Waals surface area contributed by atoms with Gasteiger partial charge in [-0.2, -0.15) is 5.10 Å². The molecule has 0 spiro atoms. The summed E-state index contributed by atoms with van der Waals surface area (Å²) in [5.41, 5.74) is 6.69. The van der Waals surface area contributed by atoms with Gasteiger partial charge in [-0.1, -0.05) is 60.1 Å². The van der Waals surface area contributed by atoms with Crippen molar-refractivity contribution in [3.05, 3.63) is 42.3 Å². The first-order chi connectivity index (χ1) is 24.9. The summed E-state index contributed by atoms with van der Waals surface area (Å²) in [6.45, 7) is 19.8. The molecule has 4 saturated carbocycles. The van der Waals surface area contributed by atoms with Crippen molar-refractivity contribution in [3.63, 3.8) is 0 Å². The molecular formula is C43H62FN5O4. The van der Waals surface area contributed by atoms with Crippen molar-refractivity contribution in [2.75, 3.05) is 19.8 Å². The summed E-state index contributed by atoms with van der Waals surface area (Å²) >= 11 is 0. The number of allylic oxidation sites excluding steroid dienone is 1. The Kier molecular flexibility index (Phi) is 8.72. The number of halogens is 1. The molecule has 6 aliphatic rings. The van der Waals surface area contributed by atoms with Crippen LogP contribution in [0.2, 0.25) is 0 Å². The minimum atomic E-state index is -0.649. The fourth-order valence-electron chi connectivity index (χ4n) is 13.5. The van der Waals surface area contributed by atoms with Gasteiger partial charge in [0, 0.05) is 22.6 Å². The van der Waals surface area contributed by atoms with Crippen LogP contribution in [-0.4, -0.2) is 62.3 Å². The van der Waals surface area contributed by atoms with Gasteiger partial charge in [-0.3, -0.25) is 9.78 Å². The van der Waals surface area contributed by atoms with E-state index in [4.69, 9.17) is 20.3 Å². The highest BCUT2D eigenvalue weighted by Crippen LogP contribution is 2.75. The molecule has 8 rings (SSSR count). The van der Waals surface area contributed by atoms with Crippen LogP contribution >= 0.6 is 0 Å². The number of aliphatic carboxylic acids is 1. The third-order valence-corrected chi connectivity index (χ3v) is 17.1. The SMILES string of the molecule is CC(C)[C@@H](C)[C@@]1(C)CC[C@]2(C)[C@H]3CC[C@@H]4[C@@]5(COC[C@@]4(C)[C@@H](OC[C@](C)(N)C4CC4)[C@H](n4ncnc4-c4ccncc4F)C5)C3=CC[C@@]2(C)[C@@H]1C(=O)O. The van der Waals surface area contributed by atoms with Gasteiger partial charge in [0.05, 0.1) is 49.6 Å². The third kappa shape index (κ3) is 5.23. The van der Waals surface area contributed by atoms with E-state index < -0.39 is 28.7 Å². The van der Waals surface area contributed by atoms with Crippen LogP contribution in [0.1, 0.15) is 113 Å². The van der Waals surface area contributed by atoms with Crippen LogP contribution in [0, 0.1) is 68.4 Å². The van der Waals surface area contributed by atoms with Gasteiger partial charge in [-0.05, 0) is 110 Å². The lowest BCUT2D eigenvalue weighted by molar-refractivity contribution is -0.252. The second kappa shape index (κ2) is 12.4. The second-order valence-corrected chi connectivity index (χ2v) is 20.0. The molecule has 53 heavy (non-hydrogen) atoms. The summed E-state index contributed by atoms with van der Waals surface area (Å²) in [6, 6.07) is 1.41. The summed E-state index contributed by atoms with van der Waals surface area (Å²) in [6.07, 6.45) is 14.2. The number of rotatable bonds is 9. The molecule has 3 heterocycles. The number of nitrogens with two attached hydrogens (primary N) is 1. The number of carboxylic acid groups (broad SMARTS) is 1. The highest BCUT2D eigenvalue weighted by molar-refractivity contribution is 5.73. The largest absolute Gasteiger partial charge is 0.481 e. The molecule has 0 radical (unpaired) electrons. The Balaban J connectivity index is 1.24. The normalized spacial score (nSPS) is 42.5. The van der Waals surface area contributed by atoms with Gasteiger partial charge in [-0.15, -0.1) is 0 Å². The molecule has 2 aromatic rings. The van der Waals surface area contributed by atoms with Crippen LogP contribution in [0.25, 0.3) is 11.4 Å². The smallest absolute Gasteiger partial charge is 0.307 e. The van der Waals surface area contributed by atoms with Crippen LogP contribution in [0.4, 0.5) is 4.39 Å². The first-order valence-electron chi connectivity index (χ1n) is 20.4. The summed E-state index contributed by atoms with van der Waals surface area (Å²) in [7, 11) is 0. The van der Waals surface area contributed by atoms with Crippen molar-refractivity contribution in [2.24, 2.45) is 68.3 Å². The Morgan fingerprint density at radius 2 is 1.89 bits per heavy atom. The summed E-state index contributed by atoms with van der Waals surface area (Å²) < 4.78 is 31.2. The lowest BCUT2D eigenvalue weighted by Crippen LogP contribution is -2.69. The summed E-state index contributed by atoms with van der Waals surface area (Å²) in [5, 5.41) is 16.0. The predicted octanol–water partition coefficient (Wildman–Crippen LogP) is 8.12. The van der Waals surface area contributed by atoms with Gasteiger partial charge in [0.15, 0.2) is 11.6 Å². The number of hydrogen-bond acceptors (Lipinski definition) is 7. The fourth-order valence-corrected chi connectivity index (χ4v) is 13.5. The van der Waals surface area contributed by atoms with Gasteiger partial charge in [0.2, 0.25) is 0 Å². The van der Waals surface area contributed by atoms with E-state index in [1.807, 2.05) is 4.68 Å². The second-order valence-electron chi connectivity index (χ2n) is 20.0. The average molecular weight is 732 g/mol. The van der Waals surface area contributed by atoms with Gasteiger partial charge in [-0.25, -0.2) is 14.1 Å². The molecule has 2 bridgehead atoms. The Hall–Kier alpha value is -2.69. The van der Waals surface area contributed by atoms with Gasteiger partial charge in [0.25, 0.3) is 0 Å². The lowest BCUT2D eigenvalue weighted by atomic mass is 9.34. The first kappa shape index (κ1) is 37.2. The molecule has 0 aromatic carbocycles. The molecule has 290 valence electrons. The maximum Gasteiger partial charge on any atom is 0.307 e. The van der Waals surface area contributed by atoms with E-state index in [9.17, 15) is 9.90 Å². The Morgan fingerprint density at radius 3 is 2.57 bits per heavy atom. The van der Waals surface area contributed by atoms with Crippen molar-refractivity contribution in [2.45, 2.75) is 124 Å². The zero-order valence-electron chi connectivity index (χ0n) is 33.2. The van der Waals surface area contributed by atoms with Gasteiger partial charge < -0.3 is 20.3 Å². The predicted molar refractivity (Wildman–Crippen MR) is 201 cm³/mol. The van der Waals surface area contributed by atoms with Crippen LogP contribution < -0.4 is 5.73 Å². The lowest BCUT2D eigenvalue weighted by Gasteiger charge is -2.71. The molecule has 10 heteroatoms. The number of carboxylic acids is 1. The average Bonchev–Trinajstić information content (AvgIpc) is 3.86. The quantitative estimate of drug-likeness (QED) is 0.248. The van der Waals surface area contributed by atoms with Gasteiger partial charge in [0.1, 0.15) is 6.33 Å². The number of hydrogen-bond donors (Lipinski definition) is 2. The van der Waals surface area contributed by atoms with Crippen LogP contribution in [0.5, 0.6) is 0 Å². The summed E-state index contributed by atoms with van der Waals surface area (Å²) in [5.74, 6) is 0.584. The topological polar surface area (TPSA) is 125 Å². The Morgan fingerprint density at radius 1 is 1.13 bits per heavy atom. The van der Waals surface area contributed by atoms with Crippen LogP contribution in [-0.2, 0) is 14.3 Å². The Labute approximate surface area is 315 Å². The maximum atomic E-state index is 15.4. The van der Waals surface area contributed by atoms with E-state index in [0.717, 1.165) is 44.9 Å². The van der Waals surface area contributed by atoms with E-state index in [0.29, 0.717) is 55.4 Å². The molecule has 0 unspecified atom stereocenters. The van der Waals surface area contributed by atoms with Crippen molar-refractivity contribution in [1.82, 2.24) is 19.7 Å². The standard InChI is InChI=1S/C43H62FN5O4/c1-25(2)26(3)38(4)16-17-40(6)29-11-12-33-39(5)21-52-23-43(33,30(29)13-15-41(40,7)34(38)37(50)51)19-32(35(39)53-22-42(8,45)27-9-10-27)49-36(47-24-48-49)28-14-18-46-20-31(28)44/h13-14,18,20,24-27,29,32-35H,9-12,15-17,19,21-23,45H2,1-8H3,(H,50,51)/t26-,29+,32-,33+,34-,35+,38-,39-,40-,41+,42+,43+/m1/s1. The zero-order chi connectivity index (χ0) is 37.9. The Bertz CT molecular complexity index is 1790. The van der Waals surface area contributed by atoms with Crippen molar-refractivity contribution in [3.8, 4) is 11.4 Å². The maximum absolute atomic E-state index is 15.4. The molecule has 12 atom stereocenters. The molecule has 5 fully saturated rings. The van der Waals surface area contributed by atoms with Crippen molar-refractivity contribution >= 4 is 5.97 Å². The first-order valence-corrected chi connectivity index (χ1v) is 20.4. The van der Waals surface area contributed by atoms with Crippen molar-refractivity contribution in [1.29, 1.82) is 0 Å². The van der Waals surface area contributed by atoms with E-state index in [-0.39, 0.29) is 45.6 Å². The third-order valence-electron chi connectivity index (χ3n) is 17.1. The van der Waals surface area contributed by atoms with Crippen LogP contribution in [0.3, 0.4) is 0 Å². The molecule has 2 aromatic heterocycles. The molecular weight excluding hydrogens is 670 g/mol. The number of carbonyl (C=O) groups is 1. The monoisotopic (exact) mass is 731 g/mol. The molecule has 1 aliphatic heterocycles. The summed E-state index contributed by atoms with van der Waals surface area (Å²) in [4.78, 5) is 22.2. The van der Waals surface area contributed by atoms with E-state index in [2.05, 4.69) is 71.4 Å². The highest BCUT2D eigenvalue weighted by atomic mass is 19.1. The van der Waals surface area contributed by atoms with Crippen molar-refractivity contribution < 1.29 is 23.8 Å².